The highest BCUT2D eigenvalue weighted by atomic mass is 16.5. The molecule has 0 aliphatic heterocycles. The van der Waals surface area contributed by atoms with Gasteiger partial charge in [-0.3, -0.25) is 5.01 Å². The second-order valence-electron chi connectivity index (χ2n) is 7.19. The Labute approximate surface area is 182 Å². The Morgan fingerprint density at radius 1 is 0.903 bits per heavy atom. The Kier molecular flexibility index (Phi) is 8.40. The van der Waals surface area contributed by atoms with Crippen LogP contribution in [0.5, 0.6) is 5.75 Å². The van der Waals surface area contributed by atoms with Gasteiger partial charge in [-0.25, -0.2) is 15.4 Å². The number of aromatic hydroxyl groups is 1. The van der Waals surface area contributed by atoms with Crippen LogP contribution in [0.2, 0.25) is 0 Å². The molecule has 0 heterocycles. The van der Waals surface area contributed by atoms with Crippen molar-refractivity contribution < 1.29 is 24.2 Å². The standard InChI is InChI=1S/C24H28N2O5/c1-16(2)23(28)30-13-11-18-5-8-20(9-6-18)26(25)21-15-19(7-10-22(21)27)12-14-31-24(29)17(3)4/h5-10,15,27H,1,3,11-14,25H2,2,4H3. The molecule has 31 heavy (non-hydrogen) atoms. The molecule has 0 unspecified atom stereocenters. The average molecular weight is 424 g/mol. The van der Waals surface area contributed by atoms with E-state index in [-0.39, 0.29) is 19.0 Å². The zero-order chi connectivity index (χ0) is 23.0. The first-order valence-electron chi connectivity index (χ1n) is 9.80. The van der Waals surface area contributed by atoms with Crippen LogP contribution in [0.15, 0.2) is 66.8 Å². The number of phenolic OH excluding ortho intramolecular Hbond substituents is 1. The summed E-state index contributed by atoms with van der Waals surface area (Å²) in [5.74, 6) is 5.41. The second kappa shape index (κ2) is 11.0. The number of esters is 2. The minimum Gasteiger partial charge on any atom is -0.506 e. The zero-order valence-electron chi connectivity index (χ0n) is 17.9. The van der Waals surface area contributed by atoms with Gasteiger partial charge in [0.25, 0.3) is 0 Å². The van der Waals surface area contributed by atoms with Gasteiger partial charge in [0, 0.05) is 24.0 Å². The molecule has 7 heteroatoms. The molecular weight excluding hydrogens is 396 g/mol. The molecule has 0 aromatic heterocycles. The predicted octanol–water partition coefficient (Wildman–Crippen LogP) is 3.73. The summed E-state index contributed by atoms with van der Waals surface area (Å²) in [6.45, 7) is 10.7. The van der Waals surface area contributed by atoms with Crippen molar-refractivity contribution in [2.75, 3.05) is 18.2 Å². The Hall–Kier alpha value is -3.58. The predicted molar refractivity (Wildman–Crippen MR) is 120 cm³/mol. The van der Waals surface area contributed by atoms with Crippen molar-refractivity contribution in [3.8, 4) is 5.75 Å². The number of hydrazine groups is 1. The van der Waals surface area contributed by atoms with Gasteiger partial charge < -0.3 is 14.6 Å². The van der Waals surface area contributed by atoms with Crippen molar-refractivity contribution in [1.82, 2.24) is 0 Å². The molecule has 0 spiro atoms. The van der Waals surface area contributed by atoms with Crippen LogP contribution in [0.25, 0.3) is 0 Å². The largest absolute Gasteiger partial charge is 0.506 e. The third kappa shape index (κ3) is 7.01. The summed E-state index contributed by atoms with van der Waals surface area (Å²) in [5.41, 5.74) is 3.63. The number of carbonyl (C=O) groups excluding carboxylic acids is 2. The molecule has 0 amide bonds. The summed E-state index contributed by atoms with van der Waals surface area (Å²) >= 11 is 0. The quantitative estimate of drug-likeness (QED) is 0.259. The molecule has 2 aromatic rings. The molecule has 0 bridgehead atoms. The maximum atomic E-state index is 11.5. The van der Waals surface area contributed by atoms with Crippen LogP contribution in [0.1, 0.15) is 25.0 Å². The Bertz CT molecular complexity index is 966. The summed E-state index contributed by atoms with van der Waals surface area (Å²) < 4.78 is 10.2. The van der Waals surface area contributed by atoms with Gasteiger partial charge in [-0.1, -0.05) is 31.4 Å². The van der Waals surface area contributed by atoms with Crippen molar-refractivity contribution in [2.45, 2.75) is 26.7 Å². The molecule has 0 atom stereocenters. The molecule has 0 aliphatic rings. The minimum absolute atomic E-state index is 0.0287. The number of nitrogens with two attached hydrogens (primary N) is 1. The van der Waals surface area contributed by atoms with Crippen LogP contribution < -0.4 is 10.9 Å². The van der Waals surface area contributed by atoms with Crippen LogP contribution in [0.4, 0.5) is 11.4 Å². The molecular formula is C24H28N2O5. The first-order chi connectivity index (χ1) is 14.7. The van der Waals surface area contributed by atoms with E-state index in [4.69, 9.17) is 15.3 Å². The lowest BCUT2D eigenvalue weighted by molar-refractivity contribution is -0.139. The number of hydrogen-bond donors (Lipinski definition) is 2. The zero-order valence-corrected chi connectivity index (χ0v) is 17.9. The number of phenols is 1. The van der Waals surface area contributed by atoms with E-state index in [1.807, 2.05) is 24.3 Å². The van der Waals surface area contributed by atoms with E-state index in [0.717, 1.165) is 11.1 Å². The monoisotopic (exact) mass is 424 g/mol. The molecule has 0 saturated heterocycles. The maximum absolute atomic E-state index is 11.5. The summed E-state index contributed by atoms with van der Waals surface area (Å²) in [7, 11) is 0. The fraction of sp³-hybridized carbons (Fsp3) is 0.250. The fourth-order valence-electron chi connectivity index (χ4n) is 2.65. The number of hydrogen-bond acceptors (Lipinski definition) is 7. The number of nitrogens with zero attached hydrogens (tertiary/aromatic N) is 1. The Balaban J connectivity index is 2.00. The van der Waals surface area contributed by atoms with Crippen LogP contribution >= 0.6 is 0 Å². The van der Waals surface area contributed by atoms with Crippen molar-refractivity contribution in [3.63, 3.8) is 0 Å². The lowest BCUT2D eigenvalue weighted by Gasteiger charge is -2.21. The summed E-state index contributed by atoms with van der Waals surface area (Å²) in [5, 5.41) is 11.6. The van der Waals surface area contributed by atoms with Crippen LogP contribution in [0, 0.1) is 0 Å². The van der Waals surface area contributed by atoms with E-state index in [1.165, 1.54) is 5.01 Å². The third-order valence-electron chi connectivity index (χ3n) is 4.46. The highest BCUT2D eigenvalue weighted by Gasteiger charge is 2.12. The number of rotatable bonds is 10. The smallest absolute Gasteiger partial charge is 0.333 e. The highest BCUT2D eigenvalue weighted by molar-refractivity contribution is 5.87. The number of benzene rings is 2. The minimum atomic E-state index is -0.436. The third-order valence-corrected chi connectivity index (χ3v) is 4.46. The van der Waals surface area contributed by atoms with Crippen LogP contribution in [0.3, 0.4) is 0 Å². The van der Waals surface area contributed by atoms with E-state index in [0.29, 0.717) is 35.4 Å². The normalized spacial score (nSPS) is 10.3. The number of anilines is 2. The van der Waals surface area contributed by atoms with Gasteiger partial charge >= 0.3 is 11.9 Å². The molecule has 0 aliphatic carbocycles. The van der Waals surface area contributed by atoms with Crippen molar-refractivity contribution in [1.29, 1.82) is 0 Å². The van der Waals surface area contributed by atoms with Gasteiger partial charge in [-0.2, -0.15) is 0 Å². The van der Waals surface area contributed by atoms with Gasteiger partial charge in [0.2, 0.25) is 0 Å². The van der Waals surface area contributed by atoms with Gasteiger partial charge in [0.1, 0.15) is 5.75 Å². The van der Waals surface area contributed by atoms with Gasteiger partial charge in [0.15, 0.2) is 0 Å². The lowest BCUT2D eigenvalue weighted by atomic mass is 10.1. The molecule has 0 radical (unpaired) electrons. The summed E-state index contributed by atoms with van der Waals surface area (Å²) in [4.78, 5) is 22.9. The average Bonchev–Trinajstić information content (AvgIpc) is 2.74. The van der Waals surface area contributed by atoms with Crippen LogP contribution in [-0.4, -0.2) is 30.3 Å². The number of carbonyl (C=O) groups is 2. The Morgan fingerprint density at radius 3 is 1.90 bits per heavy atom. The molecule has 2 aromatic carbocycles. The van der Waals surface area contributed by atoms with Crippen molar-refractivity contribution >= 4 is 23.3 Å². The fourth-order valence-corrected chi connectivity index (χ4v) is 2.65. The molecule has 0 fully saturated rings. The van der Waals surface area contributed by atoms with Gasteiger partial charge in [0.05, 0.1) is 24.6 Å². The van der Waals surface area contributed by atoms with E-state index in [2.05, 4.69) is 13.2 Å². The summed E-state index contributed by atoms with van der Waals surface area (Å²) in [6, 6.07) is 12.4. The molecule has 164 valence electrons. The van der Waals surface area contributed by atoms with Crippen molar-refractivity contribution in [3.05, 3.63) is 77.9 Å². The number of ether oxygens (including phenoxy) is 2. The Morgan fingerprint density at radius 2 is 1.39 bits per heavy atom. The van der Waals surface area contributed by atoms with Crippen LogP contribution in [-0.2, 0) is 31.9 Å². The first-order valence-corrected chi connectivity index (χ1v) is 9.80. The molecule has 3 N–H and O–H groups in total. The highest BCUT2D eigenvalue weighted by Crippen LogP contribution is 2.31. The van der Waals surface area contributed by atoms with Gasteiger partial charge in [-0.05, 0) is 49.2 Å². The van der Waals surface area contributed by atoms with E-state index in [1.54, 1.807) is 32.0 Å². The topological polar surface area (TPSA) is 102 Å². The first kappa shape index (κ1) is 23.7. The molecule has 7 nitrogen and oxygen atoms in total. The second-order valence-corrected chi connectivity index (χ2v) is 7.19. The lowest BCUT2D eigenvalue weighted by Crippen LogP contribution is -2.25. The summed E-state index contributed by atoms with van der Waals surface area (Å²) in [6.07, 6.45) is 1.04. The van der Waals surface area contributed by atoms with Crippen molar-refractivity contribution in [2.24, 2.45) is 5.84 Å². The van der Waals surface area contributed by atoms with Gasteiger partial charge in [-0.15, -0.1) is 0 Å². The SMILES string of the molecule is C=C(C)C(=O)OCCc1ccc(N(N)c2cc(CCOC(=O)C(=C)C)ccc2O)cc1. The molecule has 0 saturated carbocycles. The van der Waals surface area contributed by atoms with E-state index >= 15 is 0 Å². The molecule has 2 rings (SSSR count). The van der Waals surface area contributed by atoms with E-state index < -0.39 is 11.9 Å². The van der Waals surface area contributed by atoms with E-state index in [9.17, 15) is 14.7 Å². The maximum Gasteiger partial charge on any atom is 0.333 e.